The summed E-state index contributed by atoms with van der Waals surface area (Å²) in [5.74, 6) is 0. The first kappa shape index (κ1) is 9.81. The summed E-state index contributed by atoms with van der Waals surface area (Å²) in [7, 11) is 0. The summed E-state index contributed by atoms with van der Waals surface area (Å²) in [6, 6.07) is 5.45. The van der Waals surface area contributed by atoms with Crippen LogP contribution in [-0.2, 0) is 5.60 Å². The van der Waals surface area contributed by atoms with Crippen molar-refractivity contribution in [2.75, 3.05) is 5.73 Å². The summed E-state index contributed by atoms with van der Waals surface area (Å²) in [5, 5.41) is 10.9. The van der Waals surface area contributed by atoms with E-state index in [0.717, 1.165) is 31.2 Å². The average Bonchev–Trinajstić information content (AvgIpc) is 2.58. The third-order valence-electron chi connectivity index (χ3n) is 2.98. The van der Waals surface area contributed by atoms with E-state index in [9.17, 15) is 5.11 Å². The highest BCUT2D eigenvalue weighted by atomic mass is 35.5. The Morgan fingerprint density at radius 1 is 1.29 bits per heavy atom. The maximum absolute atomic E-state index is 10.3. The molecular weight excluding hydrogens is 198 g/mol. The van der Waals surface area contributed by atoms with Crippen molar-refractivity contribution in [2.24, 2.45) is 0 Å². The first-order valence-corrected chi connectivity index (χ1v) is 5.28. The van der Waals surface area contributed by atoms with Gasteiger partial charge in [-0.3, -0.25) is 0 Å². The molecule has 1 aromatic rings. The van der Waals surface area contributed by atoms with E-state index in [1.165, 1.54) is 0 Å². The maximum atomic E-state index is 10.3. The number of nitrogens with two attached hydrogens (primary N) is 1. The summed E-state index contributed by atoms with van der Waals surface area (Å²) >= 11 is 5.92. The molecule has 0 bridgehead atoms. The van der Waals surface area contributed by atoms with Gasteiger partial charge in [0.1, 0.15) is 0 Å². The van der Waals surface area contributed by atoms with Crippen molar-refractivity contribution in [2.45, 2.75) is 31.3 Å². The van der Waals surface area contributed by atoms with Crippen LogP contribution in [0, 0.1) is 0 Å². The van der Waals surface area contributed by atoms with Crippen LogP contribution in [0.15, 0.2) is 18.2 Å². The van der Waals surface area contributed by atoms with E-state index < -0.39 is 5.60 Å². The highest BCUT2D eigenvalue weighted by Crippen LogP contribution is 2.42. The minimum Gasteiger partial charge on any atom is -0.397 e. The van der Waals surface area contributed by atoms with Crippen LogP contribution >= 0.6 is 11.6 Å². The number of anilines is 1. The molecule has 0 aliphatic heterocycles. The zero-order chi connectivity index (χ0) is 10.2. The van der Waals surface area contributed by atoms with Gasteiger partial charge >= 0.3 is 0 Å². The summed E-state index contributed by atoms with van der Waals surface area (Å²) in [6.45, 7) is 0. The predicted molar refractivity (Wildman–Crippen MR) is 58.2 cm³/mol. The molecule has 0 amide bonds. The summed E-state index contributed by atoms with van der Waals surface area (Å²) in [6.07, 6.45) is 3.69. The van der Waals surface area contributed by atoms with Crippen molar-refractivity contribution < 1.29 is 5.11 Å². The summed E-state index contributed by atoms with van der Waals surface area (Å²) < 4.78 is 0. The zero-order valence-corrected chi connectivity index (χ0v) is 8.72. The van der Waals surface area contributed by atoms with Crippen molar-refractivity contribution in [3.05, 3.63) is 28.8 Å². The van der Waals surface area contributed by atoms with E-state index in [-0.39, 0.29) is 0 Å². The van der Waals surface area contributed by atoms with E-state index in [1.807, 2.05) is 12.1 Å². The lowest BCUT2D eigenvalue weighted by Crippen LogP contribution is -2.22. The van der Waals surface area contributed by atoms with Gasteiger partial charge in [-0.25, -0.2) is 0 Å². The van der Waals surface area contributed by atoms with E-state index >= 15 is 0 Å². The fourth-order valence-corrected chi connectivity index (χ4v) is 2.35. The third-order valence-corrected chi connectivity index (χ3v) is 3.31. The molecule has 0 spiro atoms. The molecule has 76 valence electrons. The molecule has 1 aliphatic rings. The number of hydrogen-bond acceptors (Lipinski definition) is 2. The molecule has 1 aliphatic carbocycles. The van der Waals surface area contributed by atoms with Crippen molar-refractivity contribution >= 4 is 17.3 Å². The Morgan fingerprint density at radius 2 is 1.93 bits per heavy atom. The number of rotatable bonds is 1. The van der Waals surface area contributed by atoms with Crippen molar-refractivity contribution in [3.63, 3.8) is 0 Å². The van der Waals surface area contributed by atoms with Crippen LogP contribution in [-0.4, -0.2) is 5.11 Å². The zero-order valence-electron chi connectivity index (χ0n) is 7.96. The van der Waals surface area contributed by atoms with Gasteiger partial charge in [0.05, 0.1) is 16.3 Å². The maximum Gasteiger partial charge on any atom is 0.0916 e. The molecule has 0 atom stereocenters. The van der Waals surface area contributed by atoms with E-state index in [0.29, 0.717) is 10.7 Å². The van der Waals surface area contributed by atoms with Gasteiger partial charge < -0.3 is 10.8 Å². The van der Waals surface area contributed by atoms with Crippen molar-refractivity contribution in [3.8, 4) is 0 Å². The molecule has 3 N–H and O–H groups in total. The molecule has 3 heteroatoms. The van der Waals surface area contributed by atoms with E-state index in [4.69, 9.17) is 17.3 Å². The minimum absolute atomic E-state index is 0.526. The molecule has 14 heavy (non-hydrogen) atoms. The van der Waals surface area contributed by atoms with Gasteiger partial charge in [0, 0.05) is 5.56 Å². The molecule has 0 unspecified atom stereocenters. The Balaban J connectivity index is 2.45. The molecule has 0 aromatic heterocycles. The van der Waals surface area contributed by atoms with Crippen molar-refractivity contribution in [1.82, 2.24) is 0 Å². The van der Waals surface area contributed by atoms with Crippen LogP contribution in [0.1, 0.15) is 31.2 Å². The largest absolute Gasteiger partial charge is 0.397 e. The fraction of sp³-hybridized carbons (Fsp3) is 0.455. The van der Waals surface area contributed by atoms with Crippen LogP contribution in [0.25, 0.3) is 0 Å². The van der Waals surface area contributed by atoms with Crippen molar-refractivity contribution in [1.29, 1.82) is 0 Å². The van der Waals surface area contributed by atoms with Gasteiger partial charge in [-0.1, -0.05) is 36.6 Å². The van der Waals surface area contributed by atoms with Gasteiger partial charge in [0.2, 0.25) is 0 Å². The Bertz CT molecular complexity index is 345. The Labute approximate surface area is 88.7 Å². The van der Waals surface area contributed by atoms with Gasteiger partial charge in [0.15, 0.2) is 0 Å². The van der Waals surface area contributed by atoms with Gasteiger partial charge in [-0.05, 0) is 18.9 Å². The van der Waals surface area contributed by atoms with Crippen LogP contribution in [0.5, 0.6) is 0 Å². The Morgan fingerprint density at radius 3 is 2.57 bits per heavy atom. The summed E-state index contributed by atoms with van der Waals surface area (Å²) in [4.78, 5) is 0. The summed E-state index contributed by atoms with van der Waals surface area (Å²) in [5.41, 5.74) is 6.44. The monoisotopic (exact) mass is 211 g/mol. The topological polar surface area (TPSA) is 46.2 Å². The molecule has 0 saturated heterocycles. The second-order valence-electron chi connectivity index (χ2n) is 3.94. The molecule has 2 nitrogen and oxygen atoms in total. The average molecular weight is 212 g/mol. The van der Waals surface area contributed by atoms with Crippen LogP contribution in [0.4, 0.5) is 5.69 Å². The highest BCUT2D eigenvalue weighted by molar-refractivity contribution is 6.33. The molecule has 1 aromatic carbocycles. The SMILES string of the molecule is Nc1c(Cl)cccc1C1(O)CCCC1. The molecule has 0 heterocycles. The first-order valence-electron chi connectivity index (χ1n) is 4.90. The van der Waals surface area contributed by atoms with E-state index in [2.05, 4.69) is 0 Å². The van der Waals surface area contributed by atoms with E-state index in [1.54, 1.807) is 6.07 Å². The lowest BCUT2D eigenvalue weighted by molar-refractivity contribution is 0.0452. The van der Waals surface area contributed by atoms with Crippen LogP contribution in [0.2, 0.25) is 5.02 Å². The number of para-hydroxylation sites is 1. The number of halogens is 1. The molecule has 2 rings (SSSR count). The van der Waals surface area contributed by atoms with Gasteiger partial charge in [0.25, 0.3) is 0 Å². The Kier molecular flexibility index (Phi) is 2.41. The predicted octanol–water partition coefficient (Wildman–Crippen LogP) is 2.68. The number of hydrogen-bond donors (Lipinski definition) is 2. The lowest BCUT2D eigenvalue weighted by atomic mass is 9.91. The lowest BCUT2D eigenvalue weighted by Gasteiger charge is -2.24. The molecular formula is C11H14ClNO. The molecule has 1 fully saturated rings. The van der Waals surface area contributed by atoms with Gasteiger partial charge in [-0.2, -0.15) is 0 Å². The number of nitrogen functional groups attached to an aromatic ring is 1. The normalized spacial score (nSPS) is 19.9. The van der Waals surface area contributed by atoms with Gasteiger partial charge in [-0.15, -0.1) is 0 Å². The fourth-order valence-electron chi connectivity index (χ4n) is 2.17. The molecule has 1 saturated carbocycles. The second-order valence-corrected chi connectivity index (χ2v) is 4.35. The first-order chi connectivity index (χ1) is 6.63. The van der Waals surface area contributed by atoms with Crippen LogP contribution in [0.3, 0.4) is 0 Å². The quantitative estimate of drug-likeness (QED) is 0.702. The van der Waals surface area contributed by atoms with Crippen LogP contribution < -0.4 is 5.73 Å². The standard InChI is InChI=1S/C11H14ClNO/c12-9-5-3-4-8(10(9)13)11(14)6-1-2-7-11/h3-5,14H,1-2,6-7,13H2. The highest BCUT2D eigenvalue weighted by Gasteiger charge is 2.34. The third kappa shape index (κ3) is 1.49. The molecule has 0 radical (unpaired) electrons. The number of benzene rings is 1. The second kappa shape index (κ2) is 3.44. The Hall–Kier alpha value is -0.730. The smallest absolute Gasteiger partial charge is 0.0916 e. The minimum atomic E-state index is -0.741. The number of aliphatic hydroxyl groups is 1.